The van der Waals surface area contributed by atoms with Crippen molar-refractivity contribution in [2.75, 3.05) is 32.6 Å². The summed E-state index contributed by atoms with van der Waals surface area (Å²) in [6.07, 6.45) is 5.42. The maximum atomic E-state index is 11.2. The molecule has 0 atom stereocenters. The minimum absolute atomic E-state index is 0.0641. The summed E-state index contributed by atoms with van der Waals surface area (Å²) in [5, 5.41) is 2.94. The number of nitrogens with one attached hydrogen (secondary N) is 1. The second kappa shape index (κ2) is 11.7. The Morgan fingerprint density at radius 1 is 1.14 bits per heavy atom. The van der Waals surface area contributed by atoms with Gasteiger partial charge in [0.1, 0.15) is 0 Å². The van der Waals surface area contributed by atoms with Crippen molar-refractivity contribution in [3.63, 3.8) is 0 Å². The van der Waals surface area contributed by atoms with Crippen LogP contribution in [0.4, 0.5) is 0 Å². The second-order valence-corrected chi connectivity index (χ2v) is 6.53. The van der Waals surface area contributed by atoms with Gasteiger partial charge in [-0.15, -0.1) is 0 Å². The number of rotatable bonds is 9. The number of nitrogens with zero attached hydrogens (tertiary/aromatic N) is 1. The predicted octanol–water partition coefficient (Wildman–Crippen LogP) is 1.45. The molecule has 1 amide bonds. The molecule has 0 aliphatic carbocycles. The first kappa shape index (κ1) is 22.4. The maximum Gasteiger partial charge on any atom is 0.247 e. The standard InChI is InChI=1S/C13H26N2O.CH4O3S/c1-5-9-15(10-6-2,11-7-3)12-14-13(16)8-4;1-5(2,3)4/h8H,4-7,9-12H2,1-3H3;1H3,(H,2,3,4). The molecule has 0 aliphatic rings. The first-order valence-corrected chi connectivity index (χ1v) is 9.12. The first-order chi connectivity index (χ1) is 9.64. The van der Waals surface area contributed by atoms with E-state index < -0.39 is 10.1 Å². The summed E-state index contributed by atoms with van der Waals surface area (Å²) in [6.45, 7) is 14.2. The van der Waals surface area contributed by atoms with E-state index in [1.807, 2.05) is 0 Å². The van der Waals surface area contributed by atoms with E-state index in [9.17, 15) is 4.79 Å². The number of carbonyl (C=O) groups is 1. The van der Waals surface area contributed by atoms with E-state index in [4.69, 9.17) is 13.0 Å². The predicted molar refractivity (Wildman–Crippen MR) is 84.6 cm³/mol. The van der Waals surface area contributed by atoms with Gasteiger partial charge in [0.15, 0.2) is 6.67 Å². The van der Waals surface area contributed by atoms with Crippen molar-refractivity contribution in [1.82, 2.24) is 5.32 Å². The molecule has 126 valence electrons. The van der Waals surface area contributed by atoms with Crippen LogP contribution in [0, 0.1) is 0 Å². The Balaban J connectivity index is 0. The van der Waals surface area contributed by atoms with Gasteiger partial charge in [-0.1, -0.05) is 27.4 Å². The summed E-state index contributed by atoms with van der Waals surface area (Å²) in [6, 6.07) is 0. The Morgan fingerprint density at radius 3 is 1.71 bits per heavy atom. The zero-order chi connectivity index (χ0) is 16.9. The van der Waals surface area contributed by atoms with E-state index >= 15 is 0 Å². The van der Waals surface area contributed by atoms with Gasteiger partial charge in [0, 0.05) is 6.26 Å². The fraction of sp³-hybridized carbons (Fsp3) is 0.786. The van der Waals surface area contributed by atoms with Crippen LogP contribution in [0.3, 0.4) is 0 Å². The molecule has 0 radical (unpaired) electrons. The van der Waals surface area contributed by atoms with E-state index in [0.29, 0.717) is 6.26 Å². The lowest BCUT2D eigenvalue weighted by Gasteiger charge is -2.38. The van der Waals surface area contributed by atoms with Crippen molar-refractivity contribution < 1.29 is 22.2 Å². The molecule has 6 nitrogen and oxygen atoms in total. The van der Waals surface area contributed by atoms with Gasteiger partial charge >= 0.3 is 0 Å². The van der Waals surface area contributed by atoms with E-state index in [2.05, 4.69) is 32.7 Å². The fourth-order valence-corrected chi connectivity index (χ4v) is 2.31. The smallest absolute Gasteiger partial charge is 0.247 e. The van der Waals surface area contributed by atoms with Gasteiger partial charge in [-0.05, 0) is 25.3 Å². The molecule has 0 fully saturated rings. The largest absolute Gasteiger partial charge is 0.748 e. The molecule has 0 aromatic carbocycles. The Bertz CT molecular complexity index is 369. The maximum absolute atomic E-state index is 11.2. The molecule has 7 heteroatoms. The van der Waals surface area contributed by atoms with E-state index in [1.54, 1.807) is 0 Å². The van der Waals surface area contributed by atoms with E-state index in [1.165, 1.54) is 6.08 Å². The second-order valence-electron chi connectivity index (χ2n) is 5.12. The molecular formula is C14H30N2O4S. The minimum Gasteiger partial charge on any atom is -0.748 e. The third-order valence-corrected chi connectivity index (χ3v) is 2.87. The summed E-state index contributed by atoms with van der Waals surface area (Å²) in [4.78, 5) is 11.2. The molecule has 1 N–H and O–H groups in total. The van der Waals surface area contributed by atoms with Crippen LogP contribution < -0.4 is 5.32 Å². The highest BCUT2D eigenvalue weighted by Crippen LogP contribution is 2.10. The SMILES string of the molecule is C=CC(=O)NC[N+](CCC)(CCC)CCC.CS(=O)(=O)[O-]. The number of quaternary nitrogens is 1. The van der Waals surface area contributed by atoms with Gasteiger partial charge in [-0.3, -0.25) is 4.79 Å². The Kier molecular flexibility index (Phi) is 12.5. The van der Waals surface area contributed by atoms with Crippen LogP contribution in [0.25, 0.3) is 0 Å². The first-order valence-electron chi connectivity index (χ1n) is 7.30. The zero-order valence-corrected chi connectivity index (χ0v) is 14.5. The number of hydrogen-bond acceptors (Lipinski definition) is 4. The lowest BCUT2D eigenvalue weighted by Crippen LogP contribution is -2.55. The molecule has 0 rings (SSSR count). The van der Waals surface area contributed by atoms with Crippen LogP contribution in [-0.2, 0) is 14.9 Å². The molecule has 0 spiro atoms. The summed E-state index contributed by atoms with van der Waals surface area (Å²) >= 11 is 0. The highest BCUT2D eigenvalue weighted by molar-refractivity contribution is 7.84. The van der Waals surface area contributed by atoms with Gasteiger partial charge in [-0.2, -0.15) is 0 Å². The van der Waals surface area contributed by atoms with Crippen LogP contribution in [-0.4, -0.2) is 55.9 Å². The van der Waals surface area contributed by atoms with Gasteiger partial charge < -0.3 is 14.4 Å². The van der Waals surface area contributed by atoms with Crippen LogP contribution in [0.1, 0.15) is 40.0 Å². The zero-order valence-electron chi connectivity index (χ0n) is 13.7. The van der Waals surface area contributed by atoms with Gasteiger partial charge in [0.05, 0.1) is 29.8 Å². The molecule has 21 heavy (non-hydrogen) atoms. The number of hydrogen-bond donors (Lipinski definition) is 1. The molecule has 0 saturated carbocycles. The normalized spacial score (nSPS) is 11.3. The number of carbonyl (C=O) groups excluding carboxylic acids is 1. The molecule has 0 aromatic rings. The molecule has 0 aromatic heterocycles. The fourth-order valence-electron chi connectivity index (χ4n) is 2.31. The average molecular weight is 322 g/mol. The average Bonchev–Trinajstić information content (AvgIpc) is 2.35. The highest BCUT2D eigenvalue weighted by Gasteiger charge is 2.24. The molecular weight excluding hydrogens is 292 g/mol. The molecule has 0 bridgehead atoms. The lowest BCUT2D eigenvalue weighted by atomic mass is 10.2. The Hall–Kier alpha value is -0.920. The van der Waals surface area contributed by atoms with Crippen LogP contribution >= 0.6 is 0 Å². The van der Waals surface area contributed by atoms with Gasteiger partial charge in [0.25, 0.3) is 0 Å². The molecule has 0 aliphatic heterocycles. The summed E-state index contributed by atoms with van der Waals surface area (Å²) < 4.78 is 28.2. The van der Waals surface area contributed by atoms with E-state index in [-0.39, 0.29) is 5.91 Å². The third kappa shape index (κ3) is 15.3. The van der Waals surface area contributed by atoms with Crippen LogP contribution in [0.15, 0.2) is 12.7 Å². The van der Waals surface area contributed by atoms with E-state index in [0.717, 1.165) is 50.0 Å². The molecule has 0 saturated heterocycles. The highest BCUT2D eigenvalue weighted by atomic mass is 32.2. The Labute approximate surface area is 129 Å². The number of amides is 1. The lowest BCUT2D eigenvalue weighted by molar-refractivity contribution is -0.930. The van der Waals surface area contributed by atoms with Crippen molar-refractivity contribution in [3.8, 4) is 0 Å². The van der Waals surface area contributed by atoms with Crippen molar-refractivity contribution in [1.29, 1.82) is 0 Å². The van der Waals surface area contributed by atoms with Crippen molar-refractivity contribution in [3.05, 3.63) is 12.7 Å². The van der Waals surface area contributed by atoms with Gasteiger partial charge in [0.2, 0.25) is 5.91 Å². The van der Waals surface area contributed by atoms with Gasteiger partial charge in [-0.25, -0.2) is 8.42 Å². The van der Waals surface area contributed by atoms with Crippen LogP contribution in [0.2, 0.25) is 0 Å². The van der Waals surface area contributed by atoms with Crippen molar-refractivity contribution in [2.45, 2.75) is 40.0 Å². The summed E-state index contributed by atoms with van der Waals surface area (Å²) in [7, 11) is -3.92. The third-order valence-electron chi connectivity index (χ3n) is 2.87. The quantitative estimate of drug-likeness (QED) is 0.301. The monoisotopic (exact) mass is 322 g/mol. The van der Waals surface area contributed by atoms with Crippen molar-refractivity contribution in [2.24, 2.45) is 0 Å². The summed E-state index contributed by atoms with van der Waals surface area (Å²) in [5.41, 5.74) is 0. The topological polar surface area (TPSA) is 86.3 Å². The Morgan fingerprint density at radius 2 is 1.48 bits per heavy atom. The molecule has 0 unspecified atom stereocenters. The van der Waals surface area contributed by atoms with Crippen LogP contribution in [0.5, 0.6) is 0 Å². The molecule has 0 heterocycles. The summed E-state index contributed by atoms with van der Waals surface area (Å²) in [5.74, 6) is -0.0641. The minimum atomic E-state index is -3.92. The van der Waals surface area contributed by atoms with Crippen molar-refractivity contribution >= 4 is 16.0 Å².